The zero-order valence-corrected chi connectivity index (χ0v) is 17.0. The molecule has 5 rings (SSSR count). The summed E-state index contributed by atoms with van der Waals surface area (Å²) < 4.78 is 32.5. The van der Waals surface area contributed by atoms with Crippen LogP contribution >= 0.6 is 0 Å². The van der Waals surface area contributed by atoms with Crippen LogP contribution in [-0.4, -0.2) is 20.8 Å². The predicted molar refractivity (Wildman–Crippen MR) is 111 cm³/mol. The van der Waals surface area contributed by atoms with Crippen LogP contribution in [0.1, 0.15) is 24.1 Å². The summed E-state index contributed by atoms with van der Waals surface area (Å²) in [6.07, 6.45) is 0. The second-order valence-corrected chi connectivity index (χ2v) is 9.58. The summed E-state index contributed by atoms with van der Waals surface area (Å²) in [6.45, 7) is 1.88. The van der Waals surface area contributed by atoms with Gasteiger partial charge in [-0.25, -0.2) is 13.5 Å². The van der Waals surface area contributed by atoms with Crippen molar-refractivity contribution in [3.63, 3.8) is 0 Å². The Hall–Kier alpha value is -2.83. The van der Waals surface area contributed by atoms with E-state index in [1.807, 2.05) is 73.7 Å². The standard InChI is InChI=1S/C23H21NO4S/c1-23-19-10-6-7-11-20(19)29(25,26)22(23)21(16-12-14-18(27-2)15-13-16)24(28-23)17-8-4-3-5-9-17/h3-15,21-22H,1-2H3. The first-order valence-corrected chi connectivity index (χ1v) is 11.0. The number of methoxy groups -OCH3 is 1. The van der Waals surface area contributed by atoms with Gasteiger partial charge in [0.15, 0.2) is 9.84 Å². The van der Waals surface area contributed by atoms with Crippen LogP contribution in [0.25, 0.3) is 0 Å². The molecule has 29 heavy (non-hydrogen) atoms. The van der Waals surface area contributed by atoms with Gasteiger partial charge in [-0.3, -0.25) is 4.84 Å². The number of nitrogens with zero attached hydrogens (tertiary/aromatic N) is 1. The Kier molecular flexibility index (Phi) is 3.98. The van der Waals surface area contributed by atoms with Crippen molar-refractivity contribution in [2.75, 3.05) is 12.2 Å². The first kappa shape index (κ1) is 18.2. The molecule has 0 spiro atoms. The van der Waals surface area contributed by atoms with E-state index in [4.69, 9.17) is 9.57 Å². The molecule has 0 amide bonds. The monoisotopic (exact) mass is 407 g/mol. The molecule has 148 valence electrons. The van der Waals surface area contributed by atoms with Crippen molar-refractivity contribution in [3.05, 3.63) is 90.0 Å². The van der Waals surface area contributed by atoms with Gasteiger partial charge in [0.25, 0.3) is 0 Å². The first-order valence-electron chi connectivity index (χ1n) is 9.47. The van der Waals surface area contributed by atoms with Crippen LogP contribution in [0.4, 0.5) is 5.69 Å². The molecule has 0 aromatic heterocycles. The number of sulfone groups is 1. The lowest BCUT2D eigenvalue weighted by molar-refractivity contribution is -0.000145. The van der Waals surface area contributed by atoms with Gasteiger partial charge in [0.1, 0.15) is 22.6 Å². The van der Waals surface area contributed by atoms with E-state index in [2.05, 4.69) is 0 Å². The molecule has 2 aliphatic heterocycles. The number of ether oxygens (including phenoxy) is 1. The summed E-state index contributed by atoms with van der Waals surface area (Å²) in [6, 6.07) is 23.8. The van der Waals surface area contributed by atoms with Gasteiger partial charge >= 0.3 is 0 Å². The molecule has 1 saturated heterocycles. The van der Waals surface area contributed by atoms with Gasteiger partial charge in [-0.2, -0.15) is 0 Å². The molecule has 1 fully saturated rings. The van der Waals surface area contributed by atoms with Gasteiger partial charge in [-0.1, -0.05) is 48.5 Å². The molecule has 3 atom stereocenters. The molecule has 0 radical (unpaired) electrons. The van der Waals surface area contributed by atoms with E-state index >= 15 is 0 Å². The molecule has 0 aliphatic carbocycles. The fourth-order valence-electron chi connectivity index (χ4n) is 4.57. The number of para-hydroxylation sites is 1. The molecule has 0 N–H and O–H groups in total. The largest absolute Gasteiger partial charge is 0.497 e. The van der Waals surface area contributed by atoms with E-state index in [0.29, 0.717) is 10.5 Å². The van der Waals surface area contributed by atoms with E-state index < -0.39 is 26.7 Å². The van der Waals surface area contributed by atoms with Crippen LogP contribution in [0.2, 0.25) is 0 Å². The lowest BCUT2D eigenvalue weighted by Gasteiger charge is -2.28. The van der Waals surface area contributed by atoms with E-state index in [-0.39, 0.29) is 0 Å². The van der Waals surface area contributed by atoms with Gasteiger partial charge in [0, 0.05) is 5.56 Å². The number of benzene rings is 3. The lowest BCUT2D eigenvalue weighted by Crippen LogP contribution is -2.35. The van der Waals surface area contributed by atoms with Gasteiger partial charge in [-0.15, -0.1) is 0 Å². The number of hydrogen-bond donors (Lipinski definition) is 0. The molecule has 3 unspecified atom stereocenters. The third-order valence-corrected chi connectivity index (χ3v) is 8.25. The molecular weight excluding hydrogens is 386 g/mol. The number of rotatable bonds is 3. The molecular formula is C23H21NO4S. The highest BCUT2D eigenvalue weighted by Crippen LogP contribution is 2.58. The summed E-state index contributed by atoms with van der Waals surface area (Å²) in [5.41, 5.74) is 1.41. The second-order valence-electron chi connectivity index (χ2n) is 7.54. The van der Waals surface area contributed by atoms with Crippen molar-refractivity contribution in [2.24, 2.45) is 0 Å². The van der Waals surface area contributed by atoms with E-state index in [1.165, 1.54) is 0 Å². The number of anilines is 1. The summed E-state index contributed by atoms with van der Waals surface area (Å²) >= 11 is 0. The third kappa shape index (κ3) is 2.52. The van der Waals surface area contributed by atoms with Crippen molar-refractivity contribution in [2.45, 2.75) is 28.7 Å². The normalized spacial score (nSPS) is 26.8. The van der Waals surface area contributed by atoms with Crippen LogP contribution < -0.4 is 9.80 Å². The molecule has 3 aromatic rings. The van der Waals surface area contributed by atoms with Crippen LogP contribution in [0.5, 0.6) is 5.75 Å². The smallest absolute Gasteiger partial charge is 0.187 e. The molecule has 2 heterocycles. The van der Waals surface area contributed by atoms with Crippen molar-refractivity contribution in [1.82, 2.24) is 0 Å². The Morgan fingerprint density at radius 3 is 2.28 bits per heavy atom. The first-order chi connectivity index (χ1) is 14.0. The Balaban J connectivity index is 1.73. The molecule has 3 aromatic carbocycles. The SMILES string of the molecule is COc1ccc(C2C3C(C)(ON2c2ccccc2)c2ccccc2S3(=O)=O)cc1. The minimum atomic E-state index is -3.59. The maximum absolute atomic E-state index is 13.6. The highest BCUT2D eigenvalue weighted by molar-refractivity contribution is 7.92. The summed E-state index contributed by atoms with van der Waals surface area (Å²) in [7, 11) is -1.98. The minimum absolute atomic E-state index is 0.360. The van der Waals surface area contributed by atoms with E-state index in [0.717, 1.165) is 17.0 Å². The Bertz CT molecular complexity index is 1160. The van der Waals surface area contributed by atoms with Gasteiger partial charge in [0.05, 0.1) is 17.7 Å². The van der Waals surface area contributed by atoms with Crippen molar-refractivity contribution in [3.8, 4) is 5.75 Å². The average molecular weight is 407 g/mol. The Morgan fingerprint density at radius 1 is 0.931 bits per heavy atom. The number of fused-ring (bicyclic) bond motifs is 3. The molecule has 2 aliphatic rings. The third-order valence-electron chi connectivity index (χ3n) is 5.90. The Labute approximate surface area is 170 Å². The zero-order valence-electron chi connectivity index (χ0n) is 16.1. The van der Waals surface area contributed by atoms with Crippen LogP contribution in [0.3, 0.4) is 0 Å². The average Bonchev–Trinajstić information content (AvgIpc) is 3.17. The quantitative estimate of drug-likeness (QED) is 0.649. The molecule has 5 nitrogen and oxygen atoms in total. The minimum Gasteiger partial charge on any atom is -0.497 e. The fraction of sp³-hybridized carbons (Fsp3) is 0.217. The van der Waals surface area contributed by atoms with Crippen molar-refractivity contribution in [1.29, 1.82) is 0 Å². The number of hydrogen-bond acceptors (Lipinski definition) is 5. The van der Waals surface area contributed by atoms with Crippen molar-refractivity contribution < 1.29 is 18.0 Å². The maximum atomic E-state index is 13.6. The summed E-state index contributed by atoms with van der Waals surface area (Å²) in [5, 5.41) is 0.987. The van der Waals surface area contributed by atoms with Crippen LogP contribution in [0.15, 0.2) is 83.8 Å². The second kappa shape index (κ2) is 6.34. The fourth-order valence-corrected chi connectivity index (χ4v) is 7.05. The maximum Gasteiger partial charge on any atom is 0.187 e. The molecule has 0 bridgehead atoms. The summed E-state index contributed by atoms with van der Waals surface area (Å²) in [4.78, 5) is 6.83. The predicted octanol–water partition coefficient (Wildman–Crippen LogP) is 4.26. The van der Waals surface area contributed by atoms with Crippen LogP contribution in [-0.2, 0) is 20.3 Å². The Morgan fingerprint density at radius 2 is 1.59 bits per heavy atom. The van der Waals surface area contributed by atoms with Crippen molar-refractivity contribution >= 4 is 15.5 Å². The highest BCUT2D eigenvalue weighted by atomic mass is 32.2. The topological polar surface area (TPSA) is 55.8 Å². The van der Waals surface area contributed by atoms with Gasteiger partial charge < -0.3 is 4.74 Å². The van der Waals surface area contributed by atoms with Gasteiger partial charge in [-0.05, 0) is 42.8 Å². The van der Waals surface area contributed by atoms with Gasteiger partial charge in [0.2, 0.25) is 0 Å². The zero-order chi connectivity index (χ0) is 20.2. The van der Waals surface area contributed by atoms with Crippen LogP contribution in [0, 0.1) is 0 Å². The number of hydroxylamine groups is 1. The van der Waals surface area contributed by atoms with E-state index in [1.54, 1.807) is 24.3 Å². The highest BCUT2D eigenvalue weighted by Gasteiger charge is 2.65. The molecule has 0 saturated carbocycles. The lowest BCUT2D eigenvalue weighted by atomic mass is 9.87. The van der Waals surface area contributed by atoms with E-state index in [9.17, 15) is 8.42 Å². The molecule has 6 heteroatoms. The summed E-state index contributed by atoms with van der Waals surface area (Å²) in [5.74, 6) is 0.722.